The predicted molar refractivity (Wildman–Crippen MR) is 85.0 cm³/mol. The summed E-state index contributed by atoms with van der Waals surface area (Å²) in [7, 11) is 1.49. The lowest BCUT2D eigenvalue weighted by Gasteiger charge is -2.07. The van der Waals surface area contributed by atoms with Gasteiger partial charge < -0.3 is 9.84 Å². The molecule has 0 fully saturated rings. The fourth-order valence-corrected chi connectivity index (χ4v) is 2.23. The fourth-order valence-electron chi connectivity index (χ4n) is 1.58. The summed E-state index contributed by atoms with van der Waals surface area (Å²) in [4.78, 5) is 0. The maximum Gasteiger partial charge on any atom is 0.166 e. The van der Waals surface area contributed by atoms with Gasteiger partial charge in [-0.25, -0.2) is 0 Å². The number of rotatable bonds is 4. The number of methoxy groups -OCH3 is 1. The van der Waals surface area contributed by atoms with Crippen molar-refractivity contribution in [2.45, 2.75) is 0 Å². The average Bonchev–Trinajstić information content (AvgIpc) is 2.42. The van der Waals surface area contributed by atoms with E-state index in [1.165, 1.54) is 13.3 Å². The van der Waals surface area contributed by atoms with Crippen LogP contribution in [0.2, 0.25) is 5.02 Å². The van der Waals surface area contributed by atoms with Crippen LogP contribution in [0.3, 0.4) is 0 Å². The third-order valence-electron chi connectivity index (χ3n) is 2.51. The van der Waals surface area contributed by atoms with Gasteiger partial charge in [0.1, 0.15) is 0 Å². The van der Waals surface area contributed by atoms with Crippen LogP contribution in [0.25, 0.3) is 0 Å². The Balaban J connectivity index is 2.17. The van der Waals surface area contributed by atoms with Crippen molar-refractivity contribution in [2.24, 2.45) is 5.10 Å². The monoisotopic (exact) mass is 354 g/mol. The van der Waals surface area contributed by atoms with Gasteiger partial charge in [-0.15, -0.1) is 0 Å². The molecule has 0 amide bonds. The molecular formula is C14H12BrClN2O2. The van der Waals surface area contributed by atoms with Gasteiger partial charge in [-0.2, -0.15) is 5.10 Å². The highest BCUT2D eigenvalue weighted by atomic mass is 79.9. The summed E-state index contributed by atoms with van der Waals surface area (Å²) in [6, 6.07) is 10.6. The maximum absolute atomic E-state index is 9.97. The Hall–Kier alpha value is -1.72. The number of halogens is 2. The van der Waals surface area contributed by atoms with Gasteiger partial charge in [-0.3, -0.25) is 5.43 Å². The van der Waals surface area contributed by atoms with Gasteiger partial charge in [0.15, 0.2) is 11.5 Å². The van der Waals surface area contributed by atoms with Crippen molar-refractivity contribution in [2.75, 3.05) is 12.5 Å². The minimum absolute atomic E-state index is 0.0346. The summed E-state index contributed by atoms with van der Waals surface area (Å²) < 4.78 is 5.86. The first-order valence-corrected chi connectivity index (χ1v) is 6.88. The van der Waals surface area contributed by atoms with Crippen LogP contribution < -0.4 is 10.2 Å². The highest BCUT2D eigenvalue weighted by Crippen LogP contribution is 2.32. The number of ether oxygens (including phenoxy) is 1. The summed E-state index contributed by atoms with van der Waals surface area (Å²) in [6.45, 7) is 0. The molecule has 6 heteroatoms. The topological polar surface area (TPSA) is 53.8 Å². The third kappa shape index (κ3) is 3.65. The van der Waals surface area contributed by atoms with E-state index >= 15 is 0 Å². The number of nitrogens with zero attached hydrogens (tertiary/aromatic N) is 1. The minimum Gasteiger partial charge on any atom is -0.504 e. The van der Waals surface area contributed by atoms with E-state index in [1.807, 2.05) is 12.1 Å². The van der Waals surface area contributed by atoms with E-state index < -0.39 is 0 Å². The molecule has 0 aliphatic heterocycles. The lowest BCUT2D eigenvalue weighted by atomic mass is 10.2. The van der Waals surface area contributed by atoms with Gasteiger partial charge >= 0.3 is 0 Å². The largest absolute Gasteiger partial charge is 0.504 e. The number of hydrogen-bond donors (Lipinski definition) is 2. The first-order valence-electron chi connectivity index (χ1n) is 5.71. The van der Waals surface area contributed by atoms with Crippen molar-refractivity contribution in [1.82, 2.24) is 0 Å². The van der Waals surface area contributed by atoms with Crippen molar-refractivity contribution in [3.63, 3.8) is 0 Å². The van der Waals surface area contributed by atoms with E-state index in [9.17, 15) is 5.11 Å². The summed E-state index contributed by atoms with van der Waals surface area (Å²) in [5.74, 6) is 0.413. The number of aromatic hydroxyl groups is 1. The first kappa shape index (κ1) is 14.7. The summed E-state index contributed by atoms with van der Waals surface area (Å²) >= 11 is 9.22. The van der Waals surface area contributed by atoms with Crippen LogP contribution in [0.1, 0.15) is 5.56 Å². The Bertz CT molecular complexity index is 647. The summed E-state index contributed by atoms with van der Waals surface area (Å²) in [5, 5.41) is 14.7. The number of nitrogens with one attached hydrogen (secondary N) is 1. The van der Waals surface area contributed by atoms with Crippen molar-refractivity contribution in [1.29, 1.82) is 0 Å². The molecule has 4 nitrogen and oxygen atoms in total. The van der Waals surface area contributed by atoms with E-state index in [0.29, 0.717) is 16.3 Å². The van der Waals surface area contributed by atoms with Gasteiger partial charge in [0.25, 0.3) is 0 Å². The van der Waals surface area contributed by atoms with E-state index in [-0.39, 0.29) is 5.75 Å². The fraction of sp³-hybridized carbons (Fsp3) is 0.0714. The molecule has 0 radical (unpaired) electrons. The van der Waals surface area contributed by atoms with Crippen LogP contribution in [0.15, 0.2) is 46.0 Å². The van der Waals surface area contributed by atoms with E-state index in [0.717, 1.165) is 10.2 Å². The second-order valence-electron chi connectivity index (χ2n) is 3.93. The lowest BCUT2D eigenvalue weighted by Crippen LogP contribution is -1.93. The predicted octanol–water partition coefficient (Wildman–Crippen LogP) is 4.26. The van der Waals surface area contributed by atoms with E-state index in [4.69, 9.17) is 16.3 Å². The SMILES string of the molecule is COc1cc(Br)cc(C=NNc2cccc(Cl)c2)c1O. The van der Waals surface area contributed by atoms with E-state index in [2.05, 4.69) is 26.5 Å². The number of phenolic OH excluding ortho intramolecular Hbond substituents is 1. The molecule has 0 bridgehead atoms. The van der Waals surface area contributed by atoms with Gasteiger partial charge in [0, 0.05) is 15.1 Å². The molecule has 0 heterocycles. The number of hydrazone groups is 1. The quantitative estimate of drug-likeness (QED) is 0.636. The highest BCUT2D eigenvalue weighted by Gasteiger charge is 2.07. The second kappa shape index (κ2) is 6.63. The maximum atomic E-state index is 9.97. The molecule has 0 atom stereocenters. The van der Waals surface area contributed by atoms with Crippen LogP contribution in [-0.2, 0) is 0 Å². The Kier molecular flexibility index (Phi) is 4.87. The van der Waals surface area contributed by atoms with Gasteiger partial charge in [-0.1, -0.05) is 33.6 Å². The zero-order valence-corrected chi connectivity index (χ0v) is 12.9. The standard InChI is InChI=1S/C14H12BrClN2O2/c1-20-13-6-10(15)5-9(14(13)19)8-17-18-12-4-2-3-11(16)7-12/h2-8,18-19H,1H3. The zero-order valence-electron chi connectivity index (χ0n) is 10.6. The van der Waals surface area contributed by atoms with Crippen molar-refractivity contribution in [3.05, 3.63) is 51.5 Å². The molecule has 2 aromatic rings. The Morgan fingerprint density at radius 3 is 2.85 bits per heavy atom. The molecule has 2 rings (SSSR count). The molecule has 0 saturated heterocycles. The molecule has 104 valence electrons. The summed E-state index contributed by atoms with van der Waals surface area (Å²) in [5.41, 5.74) is 4.13. The number of hydrogen-bond acceptors (Lipinski definition) is 4. The normalized spacial score (nSPS) is 10.8. The number of phenols is 1. The van der Waals surface area contributed by atoms with Crippen molar-refractivity contribution in [3.8, 4) is 11.5 Å². The van der Waals surface area contributed by atoms with Crippen molar-refractivity contribution < 1.29 is 9.84 Å². The Morgan fingerprint density at radius 2 is 2.15 bits per heavy atom. The molecule has 0 aliphatic rings. The molecule has 0 saturated carbocycles. The first-order chi connectivity index (χ1) is 9.60. The Labute approximate surface area is 130 Å². The number of benzene rings is 2. The smallest absolute Gasteiger partial charge is 0.166 e. The summed E-state index contributed by atoms with van der Waals surface area (Å²) in [6.07, 6.45) is 1.50. The molecule has 0 aliphatic carbocycles. The van der Waals surface area contributed by atoms with Gasteiger partial charge in [-0.05, 0) is 30.3 Å². The minimum atomic E-state index is 0.0346. The molecule has 0 unspecified atom stereocenters. The third-order valence-corrected chi connectivity index (χ3v) is 3.20. The van der Waals surface area contributed by atoms with Crippen LogP contribution >= 0.6 is 27.5 Å². The number of anilines is 1. The second-order valence-corrected chi connectivity index (χ2v) is 5.28. The van der Waals surface area contributed by atoms with Crippen LogP contribution in [0, 0.1) is 0 Å². The van der Waals surface area contributed by atoms with E-state index in [1.54, 1.807) is 24.3 Å². The Morgan fingerprint density at radius 1 is 1.35 bits per heavy atom. The van der Waals surface area contributed by atoms with Gasteiger partial charge in [0.2, 0.25) is 0 Å². The highest BCUT2D eigenvalue weighted by molar-refractivity contribution is 9.10. The molecule has 2 aromatic carbocycles. The molecule has 0 spiro atoms. The van der Waals surface area contributed by atoms with Crippen LogP contribution in [0.4, 0.5) is 5.69 Å². The van der Waals surface area contributed by atoms with Crippen LogP contribution in [-0.4, -0.2) is 18.4 Å². The molecule has 20 heavy (non-hydrogen) atoms. The average molecular weight is 356 g/mol. The molecular weight excluding hydrogens is 344 g/mol. The van der Waals surface area contributed by atoms with Gasteiger partial charge in [0.05, 0.1) is 19.0 Å². The van der Waals surface area contributed by atoms with Crippen molar-refractivity contribution >= 4 is 39.4 Å². The molecule has 2 N–H and O–H groups in total. The molecule has 0 aromatic heterocycles. The lowest BCUT2D eigenvalue weighted by molar-refractivity contribution is 0.373. The van der Waals surface area contributed by atoms with Crippen LogP contribution in [0.5, 0.6) is 11.5 Å². The zero-order chi connectivity index (χ0) is 14.5.